The van der Waals surface area contributed by atoms with Crippen LogP contribution in [-0.4, -0.2) is 54.5 Å². The average molecular weight is 380 g/mol. The Bertz CT molecular complexity index is 809. The van der Waals surface area contributed by atoms with E-state index < -0.39 is 0 Å². The lowest BCUT2D eigenvalue weighted by molar-refractivity contribution is -0.131. The van der Waals surface area contributed by atoms with Crippen molar-refractivity contribution in [2.45, 2.75) is 26.7 Å². The smallest absolute Gasteiger partial charge is 0.317 e. The van der Waals surface area contributed by atoms with Gasteiger partial charge in [0.05, 0.1) is 6.42 Å². The molecule has 3 amide bonds. The summed E-state index contributed by atoms with van der Waals surface area (Å²) < 4.78 is 0. The van der Waals surface area contributed by atoms with Crippen LogP contribution < -0.4 is 5.32 Å². The van der Waals surface area contributed by atoms with Gasteiger partial charge in [0.1, 0.15) is 0 Å². The fourth-order valence-electron chi connectivity index (χ4n) is 3.44. The lowest BCUT2D eigenvalue weighted by atomic mass is 10.1. The van der Waals surface area contributed by atoms with Crippen LogP contribution in [0.25, 0.3) is 0 Å². The maximum Gasteiger partial charge on any atom is 0.317 e. The number of aryl methyl sites for hydroxylation is 2. The Morgan fingerprint density at radius 3 is 2.21 bits per heavy atom. The molecule has 0 aliphatic carbocycles. The van der Waals surface area contributed by atoms with Crippen molar-refractivity contribution in [3.8, 4) is 0 Å². The minimum Gasteiger partial charge on any atom is -0.339 e. The maximum atomic E-state index is 12.5. The molecule has 0 spiro atoms. The molecule has 1 fully saturated rings. The molecule has 5 heteroatoms. The lowest BCUT2D eigenvalue weighted by Crippen LogP contribution is -2.53. The molecule has 1 aliphatic heterocycles. The quantitative estimate of drug-likeness (QED) is 0.868. The molecule has 1 N–H and O–H groups in total. The van der Waals surface area contributed by atoms with Crippen LogP contribution in [0.15, 0.2) is 48.5 Å². The fourth-order valence-corrected chi connectivity index (χ4v) is 3.44. The first-order valence-corrected chi connectivity index (χ1v) is 9.93. The number of amides is 3. The number of carbonyl (C=O) groups excluding carboxylic acids is 2. The van der Waals surface area contributed by atoms with Gasteiger partial charge in [-0.25, -0.2) is 4.79 Å². The van der Waals surface area contributed by atoms with E-state index in [1.165, 1.54) is 16.7 Å². The molecule has 1 saturated heterocycles. The Morgan fingerprint density at radius 2 is 1.54 bits per heavy atom. The van der Waals surface area contributed by atoms with Crippen LogP contribution in [0.2, 0.25) is 0 Å². The molecule has 0 bridgehead atoms. The van der Waals surface area contributed by atoms with Gasteiger partial charge in [0, 0.05) is 32.7 Å². The van der Waals surface area contributed by atoms with Crippen molar-refractivity contribution in [1.82, 2.24) is 15.1 Å². The third kappa shape index (κ3) is 5.59. The van der Waals surface area contributed by atoms with Crippen molar-refractivity contribution in [3.05, 3.63) is 70.8 Å². The van der Waals surface area contributed by atoms with Crippen molar-refractivity contribution in [2.75, 3.05) is 32.7 Å². The zero-order valence-electron chi connectivity index (χ0n) is 16.8. The largest absolute Gasteiger partial charge is 0.339 e. The second kappa shape index (κ2) is 9.40. The van der Waals surface area contributed by atoms with E-state index in [-0.39, 0.29) is 11.9 Å². The topological polar surface area (TPSA) is 52.7 Å². The molecule has 148 valence electrons. The lowest BCUT2D eigenvalue weighted by Gasteiger charge is -2.34. The zero-order chi connectivity index (χ0) is 19.9. The summed E-state index contributed by atoms with van der Waals surface area (Å²) >= 11 is 0. The highest BCUT2D eigenvalue weighted by atomic mass is 16.2. The molecule has 1 aliphatic rings. The van der Waals surface area contributed by atoms with E-state index in [9.17, 15) is 9.59 Å². The van der Waals surface area contributed by atoms with Gasteiger partial charge in [-0.2, -0.15) is 0 Å². The number of carbonyl (C=O) groups is 2. The van der Waals surface area contributed by atoms with Crippen molar-refractivity contribution in [2.24, 2.45) is 0 Å². The predicted octanol–water partition coefficient (Wildman–Crippen LogP) is 2.94. The molecule has 3 rings (SSSR count). The van der Waals surface area contributed by atoms with E-state index in [0.717, 1.165) is 12.0 Å². The molecule has 0 atom stereocenters. The molecule has 28 heavy (non-hydrogen) atoms. The van der Waals surface area contributed by atoms with Gasteiger partial charge in [-0.3, -0.25) is 4.79 Å². The van der Waals surface area contributed by atoms with Crippen LogP contribution in [0.5, 0.6) is 0 Å². The van der Waals surface area contributed by atoms with Crippen LogP contribution >= 0.6 is 0 Å². The van der Waals surface area contributed by atoms with Crippen molar-refractivity contribution in [3.63, 3.8) is 0 Å². The summed E-state index contributed by atoms with van der Waals surface area (Å²) in [5.74, 6) is 0.128. The molecular weight excluding hydrogens is 350 g/mol. The molecule has 2 aromatic rings. The van der Waals surface area contributed by atoms with Crippen molar-refractivity contribution in [1.29, 1.82) is 0 Å². The Labute approximate surface area is 167 Å². The summed E-state index contributed by atoms with van der Waals surface area (Å²) in [7, 11) is 0. The minimum absolute atomic E-state index is 0.0433. The Morgan fingerprint density at radius 1 is 0.857 bits per heavy atom. The minimum atomic E-state index is -0.0433. The highest BCUT2D eigenvalue weighted by Crippen LogP contribution is 2.09. The van der Waals surface area contributed by atoms with Gasteiger partial charge < -0.3 is 15.1 Å². The van der Waals surface area contributed by atoms with Gasteiger partial charge in [-0.05, 0) is 31.4 Å². The Hall–Kier alpha value is -2.82. The van der Waals surface area contributed by atoms with Crippen LogP contribution in [0, 0.1) is 13.8 Å². The number of rotatable bonds is 5. The summed E-state index contributed by atoms with van der Waals surface area (Å²) in [5.41, 5.74) is 4.69. The van der Waals surface area contributed by atoms with Gasteiger partial charge in [-0.1, -0.05) is 59.7 Å². The SMILES string of the molecule is Cc1ccc(CC(=O)N2CCN(C(=O)NCCc3cccc(C)c3)CC2)cc1. The van der Waals surface area contributed by atoms with Gasteiger partial charge in [-0.15, -0.1) is 0 Å². The first kappa shape index (κ1) is 19.9. The maximum absolute atomic E-state index is 12.5. The zero-order valence-corrected chi connectivity index (χ0v) is 16.8. The van der Waals surface area contributed by atoms with Gasteiger partial charge >= 0.3 is 6.03 Å². The highest BCUT2D eigenvalue weighted by molar-refractivity contribution is 5.79. The van der Waals surface area contributed by atoms with E-state index in [2.05, 4.69) is 30.4 Å². The molecule has 5 nitrogen and oxygen atoms in total. The monoisotopic (exact) mass is 379 g/mol. The first-order chi connectivity index (χ1) is 13.5. The predicted molar refractivity (Wildman–Crippen MR) is 111 cm³/mol. The standard InChI is InChI=1S/C23H29N3O2/c1-18-6-8-21(9-7-18)17-22(27)25-12-14-26(15-13-25)23(28)24-11-10-20-5-3-4-19(2)16-20/h3-9,16H,10-15,17H2,1-2H3,(H,24,28). The summed E-state index contributed by atoms with van der Waals surface area (Å²) in [4.78, 5) is 28.5. The van der Waals surface area contributed by atoms with Crippen molar-refractivity contribution >= 4 is 11.9 Å². The number of hydrogen-bond acceptors (Lipinski definition) is 2. The van der Waals surface area contributed by atoms with E-state index >= 15 is 0 Å². The van der Waals surface area contributed by atoms with E-state index in [4.69, 9.17) is 0 Å². The van der Waals surface area contributed by atoms with Crippen LogP contribution in [0.4, 0.5) is 4.79 Å². The summed E-state index contributed by atoms with van der Waals surface area (Å²) in [6.45, 7) is 7.07. The second-order valence-corrected chi connectivity index (χ2v) is 7.50. The third-order valence-electron chi connectivity index (χ3n) is 5.17. The second-order valence-electron chi connectivity index (χ2n) is 7.50. The molecular formula is C23H29N3O2. The number of hydrogen-bond donors (Lipinski definition) is 1. The number of piperazine rings is 1. The van der Waals surface area contributed by atoms with Gasteiger partial charge in [0.25, 0.3) is 0 Å². The van der Waals surface area contributed by atoms with Crippen LogP contribution in [-0.2, 0) is 17.6 Å². The molecule has 0 unspecified atom stereocenters. The molecule has 2 aromatic carbocycles. The number of urea groups is 1. The molecule has 0 aromatic heterocycles. The fraction of sp³-hybridized carbons (Fsp3) is 0.391. The van der Waals surface area contributed by atoms with E-state index in [1.54, 1.807) is 4.90 Å². The molecule has 0 saturated carbocycles. The summed E-state index contributed by atoms with van der Waals surface area (Å²) in [6.07, 6.45) is 1.24. The number of nitrogens with zero attached hydrogens (tertiary/aromatic N) is 2. The Balaban J connectivity index is 1.39. The molecule has 0 radical (unpaired) electrons. The first-order valence-electron chi connectivity index (χ1n) is 9.93. The van der Waals surface area contributed by atoms with E-state index in [1.807, 2.05) is 42.2 Å². The summed E-state index contributed by atoms with van der Waals surface area (Å²) in [5, 5.41) is 2.99. The Kier molecular flexibility index (Phi) is 6.69. The van der Waals surface area contributed by atoms with E-state index in [0.29, 0.717) is 39.1 Å². The van der Waals surface area contributed by atoms with Crippen molar-refractivity contribution < 1.29 is 9.59 Å². The average Bonchev–Trinajstić information content (AvgIpc) is 2.70. The summed E-state index contributed by atoms with van der Waals surface area (Å²) in [6, 6.07) is 16.4. The van der Waals surface area contributed by atoms with Gasteiger partial charge in [0.15, 0.2) is 0 Å². The number of benzene rings is 2. The molecule has 1 heterocycles. The van der Waals surface area contributed by atoms with Gasteiger partial charge in [0.2, 0.25) is 5.91 Å². The van der Waals surface area contributed by atoms with Crippen LogP contribution in [0.1, 0.15) is 22.3 Å². The number of nitrogens with one attached hydrogen (secondary N) is 1. The third-order valence-corrected chi connectivity index (χ3v) is 5.17. The highest BCUT2D eigenvalue weighted by Gasteiger charge is 2.23. The van der Waals surface area contributed by atoms with Crippen LogP contribution in [0.3, 0.4) is 0 Å². The normalized spacial score (nSPS) is 14.1.